The van der Waals surface area contributed by atoms with Crippen molar-refractivity contribution in [3.05, 3.63) is 107 Å². The lowest BCUT2D eigenvalue weighted by Gasteiger charge is -2.37. The number of benzene rings is 3. The van der Waals surface area contributed by atoms with E-state index < -0.39 is 0 Å². The third-order valence-electron chi connectivity index (χ3n) is 6.24. The molecule has 2 heterocycles. The SMILES string of the molecule is CCOc1ccc(C2NC(=S)N(Cc3ccccc3)C(C)=C2c2nc(-c3cccc(C)c3)no2)cc1. The van der Waals surface area contributed by atoms with Gasteiger partial charge in [-0.25, -0.2) is 0 Å². The van der Waals surface area contributed by atoms with E-state index in [0.29, 0.717) is 30.0 Å². The van der Waals surface area contributed by atoms with Gasteiger partial charge >= 0.3 is 0 Å². The van der Waals surface area contributed by atoms with Crippen molar-refractivity contribution in [2.24, 2.45) is 0 Å². The zero-order valence-corrected chi connectivity index (χ0v) is 21.4. The molecule has 5 rings (SSSR count). The van der Waals surface area contributed by atoms with E-state index in [1.165, 1.54) is 0 Å². The van der Waals surface area contributed by atoms with E-state index in [1.54, 1.807) is 0 Å². The Hall–Kier alpha value is -3.97. The summed E-state index contributed by atoms with van der Waals surface area (Å²) in [6, 6.07) is 26.1. The number of aryl methyl sites for hydroxylation is 1. The molecular weight excluding hydrogens is 468 g/mol. The topological polar surface area (TPSA) is 63.4 Å². The maximum absolute atomic E-state index is 5.86. The summed E-state index contributed by atoms with van der Waals surface area (Å²) in [5, 5.41) is 8.49. The molecule has 1 atom stereocenters. The van der Waals surface area contributed by atoms with E-state index in [0.717, 1.165) is 39.3 Å². The minimum Gasteiger partial charge on any atom is -0.494 e. The average Bonchev–Trinajstić information content (AvgIpc) is 3.37. The third kappa shape index (κ3) is 4.88. The number of thiocarbonyl (C=S) groups is 1. The maximum atomic E-state index is 5.86. The Morgan fingerprint density at radius 1 is 1.00 bits per heavy atom. The standard InChI is InChI=1S/C29H28N4O2S/c1-4-34-24-15-13-22(14-16-24)26-25(28-31-27(32-35-28)23-12-8-9-19(2)17-23)20(3)33(29(36)30-26)18-21-10-6-5-7-11-21/h5-17,26H,4,18H2,1-3H3,(H,30,36). The second kappa shape index (κ2) is 10.3. The lowest BCUT2D eigenvalue weighted by molar-refractivity contribution is 0.340. The molecule has 0 spiro atoms. The van der Waals surface area contributed by atoms with Gasteiger partial charge in [0.1, 0.15) is 5.75 Å². The molecule has 1 N–H and O–H groups in total. The lowest BCUT2D eigenvalue weighted by atomic mass is 9.94. The van der Waals surface area contributed by atoms with Gasteiger partial charge in [-0.05, 0) is 62.3 Å². The first-order chi connectivity index (χ1) is 17.5. The largest absolute Gasteiger partial charge is 0.494 e. The Morgan fingerprint density at radius 2 is 1.78 bits per heavy atom. The van der Waals surface area contributed by atoms with Gasteiger partial charge in [0.05, 0.1) is 18.2 Å². The second-order valence-electron chi connectivity index (χ2n) is 8.75. The first-order valence-corrected chi connectivity index (χ1v) is 12.4. The number of aromatic nitrogens is 2. The molecule has 36 heavy (non-hydrogen) atoms. The van der Waals surface area contributed by atoms with Crippen LogP contribution >= 0.6 is 12.2 Å². The molecule has 7 heteroatoms. The van der Waals surface area contributed by atoms with Crippen LogP contribution in [0.1, 0.15) is 42.5 Å². The zero-order valence-electron chi connectivity index (χ0n) is 20.6. The summed E-state index contributed by atoms with van der Waals surface area (Å²) in [5.74, 6) is 1.85. The Labute approximate surface area is 216 Å². The summed E-state index contributed by atoms with van der Waals surface area (Å²) in [6.07, 6.45) is 0. The molecule has 182 valence electrons. The smallest absolute Gasteiger partial charge is 0.258 e. The Morgan fingerprint density at radius 3 is 2.50 bits per heavy atom. The van der Waals surface area contributed by atoms with Crippen molar-refractivity contribution >= 4 is 22.9 Å². The maximum Gasteiger partial charge on any atom is 0.258 e. The van der Waals surface area contributed by atoms with Gasteiger partial charge in [-0.15, -0.1) is 0 Å². The van der Waals surface area contributed by atoms with Crippen molar-refractivity contribution in [2.75, 3.05) is 6.61 Å². The third-order valence-corrected chi connectivity index (χ3v) is 6.58. The van der Waals surface area contributed by atoms with Crippen LogP contribution in [0, 0.1) is 6.92 Å². The number of nitrogens with zero attached hydrogens (tertiary/aromatic N) is 3. The first kappa shape index (κ1) is 23.8. The molecule has 0 aliphatic carbocycles. The number of hydrogen-bond donors (Lipinski definition) is 1. The van der Waals surface area contributed by atoms with E-state index in [9.17, 15) is 0 Å². The Bertz CT molecular complexity index is 1400. The van der Waals surface area contributed by atoms with Crippen LogP contribution in [0.15, 0.2) is 89.1 Å². The Balaban J connectivity index is 1.58. The van der Waals surface area contributed by atoms with Crippen molar-refractivity contribution in [1.82, 2.24) is 20.4 Å². The molecule has 1 unspecified atom stereocenters. The summed E-state index contributed by atoms with van der Waals surface area (Å²) < 4.78 is 11.5. The van der Waals surface area contributed by atoms with Crippen molar-refractivity contribution in [2.45, 2.75) is 33.4 Å². The number of allylic oxidation sites excluding steroid dienone is 1. The number of ether oxygens (including phenoxy) is 1. The quantitative estimate of drug-likeness (QED) is 0.301. The van der Waals surface area contributed by atoms with E-state index in [2.05, 4.69) is 40.5 Å². The number of nitrogens with one attached hydrogen (secondary N) is 1. The lowest BCUT2D eigenvalue weighted by Crippen LogP contribution is -2.45. The van der Waals surface area contributed by atoms with Gasteiger partial charge in [0.15, 0.2) is 5.11 Å². The normalized spacial score (nSPS) is 15.7. The van der Waals surface area contributed by atoms with E-state index in [4.69, 9.17) is 26.5 Å². The molecular formula is C29H28N4O2S. The number of rotatable bonds is 7. The second-order valence-corrected chi connectivity index (χ2v) is 9.13. The van der Waals surface area contributed by atoms with Gasteiger partial charge in [0.2, 0.25) is 5.82 Å². The van der Waals surface area contributed by atoms with Crippen LogP contribution in [-0.2, 0) is 6.54 Å². The minimum absolute atomic E-state index is 0.244. The molecule has 4 aromatic rings. The van der Waals surface area contributed by atoms with Crippen LogP contribution in [-0.4, -0.2) is 26.8 Å². The van der Waals surface area contributed by atoms with Gasteiger partial charge < -0.3 is 19.5 Å². The highest BCUT2D eigenvalue weighted by Gasteiger charge is 2.34. The summed E-state index contributed by atoms with van der Waals surface area (Å²) in [7, 11) is 0. The molecule has 1 aromatic heterocycles. The monoisotopic (exact) mass is 496 g/mol. The summed E-state index contributed by atoms with van der Waals surface area (Å²) in [5.41, 5.74) is 6.12. The average molecular weight is 497 g/mol. The van der Waals surface area contributed by atoms with Gasteiger partial charge in [-0.3, -0.25) is 0 Å². The first-order valence-electron chi connectivity index (χ1n) is 12.0. The van der Waals surface area contributed by atoms with Crippen LogP contribution in [0.3, 0.4) is 0 Å². The molecule has 3 aromatic carbocycles. The fraction of sp³-hybridized carbons (Fsp3) is 0.207. The molecule has 0 amide bonds. The van der Waals surface area contributed by atoms with Crippen LogP contribution < -0.4 is 10.1 Å². The summed E-state index contributed by atoms with van der Waals surface area (Å²) >= 11 is 5.84. The molecule has 1 aliphatic heterocycles. The van der Waals surface area contributed by atoms with Crippen LogP contribution in [0.4, 0.5) is 0 Å². The van der Waals surface area contributed by atoms with Crippen LogP contribution in [0.5, 0.6) is 5.75 Å². The van der Waals surface area contributed by atoms with Gasteiger partial charge in [0.25, 0.3) is 5.89 Å². The van der Waals surface area contributed by atoms with Crippen LogP contribution in [0.2, 0.25) is 0 Å². The van der Waals surface area contributed by atoms with Crippen molar-refractivity contribution < 1.29 is 9.26 Å². The fourth-order valence-electron chi connectivity index (χ4n) is 4.42. The molecule has 0 saturated heterocycles. The van der Waals surface area contributed by atoms with Gasteiger partial charge in [-0.2, -0.15) is 4.98 Å². The minimum atomic E-state index is -0.244. The zero-order chi connectivity index (χ0) is 25.1. The summed E-state index contributed by atoms with van der Waals surface area (Å²) in [4.78, 5) is 6.90. The van der Waals surface area contributed by atoms with E-state index >= 15 is 0 Å². The van der Waals surface area contributed by atoms with E-state index in [-0.39, 0.29) is 6.04 Å². The van der Waals surface area contributed by atoms with Crippen LogP contribution in [0.25, 0.3) is 17.0 Å². The molecule has 0 fully saturated rings. The molecule has 6 nitrogen and oxygen atoms in total. The van der Waals surface area contributed by atoms with Crippen molar-refractivity contribution in [1.29, 1.82) is 0 Å². The van der Waals surface area contributed by atoms with E-state index in [1.807, 2.05) is 74.5 Å². The predicted octanol–water partition coefficient (Wildman–Crippen LogP) is 6.31. The fourth-order valence-corrected chi connectivity index (χ4v) is 4.74. The van der Waals surface area contributed by atoms with Crippen molar-refractivity contribution in [3.8, 4) is 17.1 Å². The molecule has 0 bridgehead atoms. The summed E-state index contributed by atoms with van der Waals surface area (Å²) in [6.45, 7) is 7.34. The molecule has 1 aliphatic rings. The molecule has 0 saturated carbocycles. The molecule has 0 radical (unpaired) electrons. The number of hydrogen-bond acceptors (Lipinski definition) is 5. The Kier molecular flexibility index (Phi) is 6.82. The highest BCUT2D eigenvalue weighted by Crippen LogP contribution is 2.38. The van der Waals surface area contributed by atoms with Gasteiger partial charge in [0, 0.05) is 17.8 Å². The highest BCUT2D eigenvalue weighted by atomic mass is 32.1. The van der Waals surface area contributed by atoms with Gasteiger partial charge in [-0.1, -0.05) is 71.4 Å². The predicted molar refractivity (Wildman–Crippen MR) is 145 cm³/mol. The van der Waals surface area contributed by atoms with Crippen molar-refractivity contribution in [3.63, 3.8) is 0 Å². The highest BCUT2D eigenvalue weighted by molar-refractivity contribution is 7.80.